The van der Waals surface area contributed by atoms with Crippen LogP contribution in [0.15, 0.2) is 54.9 Å². The number of amides is 1. The summed E-state index contributed by atoms with van der Waals surface area (Å²) in [5.74, 6) is -2.03. The SMILES string of the molecule is Cc1cccc(Nc2cnc(C(=O)Nc3c(F)cccc3F)cn2)c1. The molecule has 5 nitrogen and oxygen atoms in total. The first-order valence-corrected chi connectivity index (χ1v) is 7.44. The molecule has 0 unspecified atom stereocenters. The van der Waals surface area contributed by atoms with Gasteiger partial charge in [0, 0.05) is 5.69 Å². The molecule has 3 aromatic rings. The van der Waals surface area contributed by atoms with Crippen LogP contribution in [0.2, 0.25) is 0 Å². The van der Waals surface area contributed by atoms with E-state index in [2.05, 4.69) is 20.6 Å². The third-order valence-electron chi connectivity index (χ3n) is 3.38. The second-order valence-corrected chi connectivity index (χ2v) is 5.33. The average Bonchev–Trinajstić information content (AvgIpc) is 2.59. The molecule has 0 radical (unpaired) electrons. The van der Waals surface area contributed by atoms with Crippen molar-refractivity contribution < 1.29 is 13.6 Å². The Morgan fingerprint density at radius 3 is 2.36 bits per heavy atom. The topological polar surface area (TPSA) is 66.9 Å². The van der Waals surface area contributed by atoms with Crippen molar-refractivity contribution in [3.05, 3.63) is 77.8 Å². The minimum atomic E-state index is -0.862. The number of carbonyl (C=O) groups excluding carboxylic acids is 1. The summed E-state index contributed by atoms with van der Waals surface area (Å²) in [5, 5.41) is 5.21. The van der Waals surface area contributed by atoms with Crippen LogP contribution >= 0.6 is 0 Å². The number of para-hydroxylation sites is 1. The normalized spacial score (nSPS) is 10.4. The van der Waals surface area contributed by atoms with Gasteiger partial charge in [0.2, 0.25) is 0 Å². The number of halogens is 2. The number of carbonyl (C=O) groups is 1. The van der Waals surface area contributed by atoms with Crippen molar-refractivity contribution in [3.63, 3.8) is 0 Å². The molecular formula is C18H14F2N4O. The van der Waals surface area contributed by atoms with Gasteiger partial charge < -0.3 is 10.6 Å². The Hall–Kier alpha value is -3.35. The Kier molecular flexibility index (Phi) is 4.65. The Balaban J connectivity index is 1.72. The van der Waals surface area contributed by atoms with Gasteiger partial charge in [0.25, 0.3) is 5.91 Å². The highest BCUT2D eigenvalue weighted by Crippen LogP contribution is 2.19. The predicted octanol–water partition coefficient (Wildman–Crippen LogP) is 4.06. The molecule has 25 heavy (non-hydrogen) atoms. The van der Waals surface area contributed by atoms with Crippen LogP contribution in [0.25, 0.3) is 0 Å². The third kappa shape index (κ3) is 3.95. The number of nitrogens with one attached hydrogen (secondary N) is 2. The molecule has 1 heterocycles. The minimum absolute atomic E-state index is 0.0579. The number of aromatic nitrogens is 2. The monoisotopic (exact) mass is 340 g/mol. The van der Waals surface area contributed by atoms with Gasteiger partial charge in [-0.1, -0.05) is 18.2 Å². The van der Waals surface area contributed by atoms with E-state index in [4.69, 9.17) is 0 Å². The Labute approximate surface area is 142 Å². The van der Waals surface area contributed by atoms with Crippen LogP contribution in [0.3, 0.4) is 0 Å². The molecular weight excluding hydrogens is 326 g/mol. The molecule has 0 saturated heterocycles. The van der Waals surface area contributed by atoms with E-state index in [-0.39, 0.29) is 5.69 Å². The van der Waals surface area contributed by atoms with Crippen LogP contribution < -0.4 is 10.6 Å². The fourth-order valence-corrected chi connectivity index (χ4v) is 2.18. The quantitative estimate of drug-likeness (QED) is 0.752. The van der Waals surface area contributed by atoms with Crippen molar-refractivity contribution in [2.75, 3.05) is 10.6 Å². The maximum atomic E-state index is 13.6. The number of benzene rings is 2. The fraction of sp³-hybridized carbons (Fsp3) is 0.0556. The Bertz CT molecular complexity index is 893. The van der Waals surface area contributed by atoms with Gasteiger partial charge in [-0.25, -0.2) is 18.7 Å². The fourth-order valence-electron chi connectivity index (χ4n) is 2.18. The summed E-state index contributed by atoms with van der Waals surface area (Å²) < 4.78 is 27.1. The number of anilines is 3. The van der Waals surface area contributed by atoms with Crippen LogP contribution in [0.4, 0.5) is 26.0 Å². The molecule has 126 valence electrons. The molecule has 0 fully saturated rings. The van der Waals surface area contributed by atoms with Gasteiger partial charge in [-0.15, -0.1) is 0 Å². The number of rotatable bonds is 4. The third-order valence-corrected chi connectivity index (χ3v) is 3.38. The van der Waals surface area contributed by atoms with Crippen LogP contribution in [0, 0.1) is 18.6 Å². The summed E-state index contributed by atoms with van der Waals surface area (Å²) in [6, 6.07) is 11.0. The summed E-state index contributed by atoms with van der Waals surface area (Å²) >= 11 is 0. The first-order valence-electron chi connectivity index (χ1n) is 7.44. The molecule has 2 N–H and O–H groups in total. The summed E-state index contributed by atoms with van der Waals surface area (Å²) in [6.45, 7) is 1.96. The molecule has 2 aromatic carbocycles. The largest absolute Gasteiger partial charge is 0.339 e. The molecule has 7 heteroatoms. The van der Waals surface area contributed by atoms with Crippen molar-refractivity contribution in [3.8, 4) is 0 Å². The lowest BCUT2D eigenvalue weighted by molar-refractivity contribution is 0.102. The first kappa shape index (κ1) is 16.5. The lowest BCUT2D eigenvalue weighted by Crippen LogP contribution is -2.16. The van der Waals surface area contributed by atoms with Crippen molar-refractivity contribution >= 4 is 23.1 Å². The van der Waals surface area contributed by atoms with E-state index in [0.717, 1.165) is 23.4 Å². The van der Waals surface area contributed by atoms with E-state index in [1.807, 2.05) is 31.2 Å². The van der Waals surface area contributed by atoms with Gasteiger partial charge in [0.05, 0.1) is 12.4 Å². The van der Waals surface area contributed by atoms with Gasteiger partial charge >= 0.3 is 0 Å². The highest BCUT2D eigenvalue weighted by Gasteiger charge is 2.14. The second kappa shape index (κ2) is 7.04. The average molecular weight is 340 g/mol. The number of hydrogen-bond acceptors (Lipinski definition) is 4. The Morgan fingerprint density at radius 2 is 1.72 bits per heavy atom. The summed E-state index contributed by atoms with van der Waals surface area (Å²) in [6.07, 6.45) is 2.60. The molecule has 1 amide bonds. The van der Waals surface area contributed by atoms with Gasteiger partial charge in [0.15, 0.2) is 0 Å². The highest BCUT2D eigenvalue weighted by atomic mass is 19.1. The van der Waals surface area contributed by atoms with E-state index >= 15 is 0 Å². The molecule has 3 rings (SSSR count). The lowest BCUT2D eigenvalue weighted by Gasteiger charge is -2.08. The van der Waals surface area contributed by atoms with E-state index in [0.29, 0.717) is 5.82 Å². The zero-order valence-corrected chi connectivity index (χ0v) is 13.3. The molecule has 0 atom stereocenters. The van der Waals surface area contributed by atoms with Crippen LogP contribution in [-0.4, -0.2) is 15.9 Å². The molecule has 0 aliphatic rings. The molecule has 0 bridgehead atoms. The predicted molar refractivity (Wildman–Crippen MR) is 90.8 cm³/mol. The van der Waals surface area contributed by atoms with E-state index in [1.165, 1.54) is 18.5 Å². The minimum Gasteiger partial charge on any atom is -0.339 e. The van der Waals surface area contributed by atoms with Gasteiger partial charge in [-0.05, 0) is 36.8 Å². The van der Waals surface area contributed by atoms with E-state index in [9.17, 15) is 13.6 Å². The number of aryl methyl sites for hydroxylation is 1. The summed E-state index contributed by atoms with van der Waals surface area (Å²) in [7, 11) is 0. The maximum Gasteiger partial charge on any atom is 0.276 e. The Morgan fingerprint density at radius 1 is 1.00 bits per heavy atom. The number of nitrogens with zero attached hydrogens (tertiary/aromatic N) is 2. The molecule has 0 aliphatic heterocycles. The number of hydrogen-bond donors (Lipinski definition) is 2. The standard InChI is InChI=1S/C18H14F2N4O/c1-11-4-2-5-12(8-11)23-16-10-21-15(9-22-16)18(25)24-17-13(19)6-3-7-14(17)20/h2-10H,1H3,(H,22,23)(H,24,25). The van der Waals surface area contributed by atoms with Crippen molar-refractivity contribution in [1.82, 2.24) is 9.97 Å². The first-order chi connectivity index (χ1) is 12.0. The van der Waals surface area contributed by atoms with E-state index in [1.54, 1.807) is 0 Å². The zero-order valence-electron chi connectivity index (χ0n) is 13.3. The zero-order chi connectivity index (χ0) is 17.8. The van der Waals surface area contributed by atoms with Gasteiger partial charge in [0.1, 0.15) is 28.8 Å². The highest BCUT2D eigenvalue weighted by molar-refractivity contribution is 6.02. The van der Waals surface area contributed by atoms with Crippen LogP contribution in [0.5, 0.6) is 0 Å². The van der Waals surface area contributed by atoms with Crippen molar-refractivity contribution in [2.45, 2.75) is 6.92 Å². The van der Waals surface area contributed by atoms with Crippen molar-refractivity contribution in [1.29, 1.82) is 0 Å². The van der Waals surface area contributed by atoms with Crippen LogP contribution in [0.1, 0.15) is 16.1 Å². The van der Waals surface area contributed by atoms with E-state index < -0.39 is 23.2 Å². The maximum absolute atomic E-state index is 13.6. The van der Waals surface area contributed by atoms with Gasteiger partial charge in [-0.3, -0.25) is 4.79 Å². The molecule has 1 aromatic heterocycles. The smallest absolute Gasteiger partial charge is 0.276 e. The summed E-state index contributed by atoms with van der Waals surface area (Å²) in [5.41, 5.74) is 1.34. The van der Waals surface area contributed by atoms with Crippen LogP contribution in [-0.2, 0) is 0 Å². The summed E-state index contributed by atoms with van der Waals surface area (Å²) in [4.78, 5) is 20.1. The lowest BCUT2D eigenvalue weighted by atomic mass is 10.2. The molecule has 0 saturated carbocycles. The van der Waals surface area contributed by atoms with Gasteiger partial charge in [-0.2, -0.15) is 0 Å². The second-order valence-electron chi connectivity index (χ2n) is 5.33. The molecule has 0 aliphatic carbocycles. The molecule has 0 spiro atoms. The van der Waals surface area contributed by atoms with Crippen molar-refractivity contribution in [2.24, 2.45) is 0 Å².